The summed E-state index contributed by atoms with van der Waals surface area (Å²) in [6.45, 7) is 1.97. The molecule has 5 nitrogen and oxygen atoms in total. The molecule has 102 valence electrons. The van der Waals surface area contributed by atoms with Crippen LogP contribution in [0.2, 0.25) is 0 Å². The molecule has 0 spiro atoms. The number of rotatable bonds is 3. The van der Waals surface area contributed by atoms with Gasteiger partial charge in [-0.25, -0.2) is 9.97 Å². The molecule has 2 aromatic heterocycles. The van der Waals surface area contributed by atoms with Crippen molar-refractivity contribution >= 4 is 11.2 Å². The van der Waals surface area contributed by atoms with Crippen LogP contribution in [0.1, 0.15) is 5.56 Å². The van der Waals surface area contributed by atoms with E-state index in [2.05, 4.69) is 9.97 Å². The van der Waals surface area contributed by atoms with Crippen molar-refractivity contribution in [1.29, 1.82) is 0 Å². The molecule has 0 saturated carbocycles. The number of hydrogen-bond acceptors (Lipinski definition) is 5. The number of nitrogens with zero attached hydrogens (tertiary/aromatic N) is 2. The van der Waals surface area contributed by atoms with Gasteiger partial charge in [-0.1, -0.05) is 6.07 Å². The number of ether oxygens (including phenoxy) is 2. The number of aromatic nitrogens is 2. The van der Waals surface area contributed by atoms with Gasteiger partial charge in [-0.2, -0.15) is 0 Å². The Kier molecular flexibility index (Phi) is 3.02. The van der Waals surface area contributed by atoms with Crippen molar-refractivity contribution in [1.82, 2.24) is 9.97 Å². The first-order chi connectivity index (χ1) is 9.74. The number of oxazole rings is 1. The van der Waals surface area contributed by atoms with E-state index in [1.807, 2.05) is 31.2 Å². The first-order valence-electron chi connectivity index (χ1n) is 6.18. The summed E-state index contributed by atoms with van der Waals surface area (Å²) in [6.07, 6.45) is 1.70. The van der Waals surface area contributed by atoms with E-state index in [0.29, 0.717) is 28.7 Å². The van der Waals surface area contributed by atoms with E-state index in [1.54, 1.807) is 20.4 Å². The third-order valence-electron chi connectivity index (χ3n) is 3.14. The van der Waals surface area contributed by atoms with Gasteiger partial charge in [0.1, 0.15) is 22.6 Å². The van der Waals surface area contributed by atoms with E-state index in [9.17, 15) is 0 Å². The number of hydrogen-bond donors (Lipinski definition) is 0. The third-order valence-corrected chi connectivity index (χ3v) is 3.14. The molecule has 2 heterocycles. The molecule has 0 aliphatic heterocycles. The molecule has 0 fully saturated rings. The Morgan fingerprint density at radius 1 is 1.05 bits per heavy atom. The van der Waals surface area contributed by atoms with E-state index >= 15 is 0 Å². The minimum absolute atomic E-state index is 0.441. The first kappa shape index (κ1) is 12.5. The zero-order chi connectivity index (χ0) is 14.1. The van der Waals surface area contributed by atoms with Gasteiger partial charge in [-0.05, 0) is 30.7 Å². The fourth-order valence-corrected chi connectivity index (χ4v) is 2.12. The molecule has 0 N–H and O–H groups in total. The van der Waals surface area contributed by atoms with Gasteiger partial charge < -0.3 is 13.9 Å². The maximum atomic E-state index is 5.74. The maximum absolute atomic E-state index is 5.74. The summed E-state index contributed by atoms with van der Waals surface area (Å²) in [7, 11) is 3.20. The van der Waals surface area contributed by atoms with Crippen LogP contribution in [-0.2, 0) is 0 Å². The number of fused-ring (bicyclic) bond motifs is 1. The monoisotopic (exact) mass is 270 g/mol. The third kappa shape index (κ3) is 1.87. The molecular formula is C15H14N2O3. The molecule has 0 unspecified atom stereocenters. The predicted octanol–water partition coefficient (Wildman–Crippen LogP) is 3.22. The van der Waals surface area contributed by atoms with Crippen molar-refractivity contribution in [3.05, 3.63) is 36.0 Å². The molecule has 1 aromatic carbocycles. The number of benzene rings is 1. The van der Waals surface area contributed by atoms with Crippen LogP contribution in [0, 0.1) is 6.92 Å². The summed E-state index contributed by atoms with van der Waals surface area (Å²) >= 11 is 0. The molecule has 0 aliphatic carbocycles. The minimum atomic E-state index is 0.441. The van der Waals surface area contributed by atoms with Crippen LogP contribution in [-0.4, -0.2) is 24.2 Å². The maximum Gasteiger partial charge on any atom is 0.247 e. The number of aryl methyl sites for hydroxylation is 1. The fraction of sp³-hybridized carbons (Fsp3) is 0.200. The second-order valence-corrected chi connectivity index (χ2v) is 4.34. The first-order valence-corrected chi connectivity index (χ1v) is 6.18. The highest BCUT2D eigenvalue weighted by atomic mass is 16.5. The molecule has 0 saturated heterocycles. The average Bonchev–Trinajstić information content (AvgIpc) is 2.91. The molecule has 0 radical (unpaired) electrons. The minimum Gasteiger partial charge on any atom is -0.496 e. The fourth-order valence-electron chi connectivity index (χ4n) is 2.12. The lowest BCUT2D eigenvalue weighted by Crippen LogP contribution is -1.92. The Bertz CT molecular complexity index is 743. The quantitative estimate of drug-likeness (QED) is 0.731. The van der Waals surface area contributed by atoms with Gasteiger partial charge >= 0.3 is 0 Å². The molecule has 0 aliphatic rings. The van der Waals surface area contributed by atoms with Crippen LogP contribution in [0.3, 0.4) is 0 Å². The Hall–Kier alpha value is -2.56. The van der Waals surface area contributed by atoms with E-state index in [0.717, 1.165) is 11.1 Å². The summed E-state index contributed by atoms with van der Waals surface area (Å²) in [5, 5.41) is 0. The summed E-state index contributed by atoms with van der Waals surface area (Å²) < 4.78 is 16.5. The Morgan fingerprint density at radius 3 is 2.35 bits per heavy atom. The van der Waals surface area contributed by atoms with E-state index < -0.39 is 0 Å². The predicted molar refractivity (Wildman–Crippen MR) is 75.1 cm³/mol. The summed E-state index contributed by atoms with van der Waals surface area (Å²) in [6, 6.07) is 7.43. The van der Waals surface area contributed by atoms with Crippen LogP contribution in [0.4, 0.5) is 0 Å². The van der Waals surface area contributed by atoms with Gasteiger partial charge in [0, 0.05) is 6.20 Å². The van der Waals surface area contributed by atoms with Gasteiger partial charge in [0.2, 0.25) is 11.6 Å². The molecule has 3 rings (SSSR count). The highest BCUT2D eigenvalue weighted by molar-refractivity contribution is 5.79. The molecule has 0 atom stereocenters. The summed E-state index contributed by atoms with van der Waals surface area (Å²) in [5.74, 6) is 1.73. The summed E-state index contributed by atoms with van der Waals surface area (Å²) in [4.78, 5) is 8.70. The van der Waals surface area contributed by atoms with Gasteiger partial charge in [0.25, 0.3) is 0 Å². The van der Waals surface area contributed by atoms with Crippen molar-refractivity contribution in [2.24, 2.45) is 0 Å². The van der Waals surface area contributed by atoms with Crippen molar-refractivity contribution in [3.63, 3.8) is 0 Å². The highest BCUT2D eigenvalue weighted by Crippen LogP contribution is 2.38. The van der Waals surface area contributed by atoms with Crippen LogP contribution in [0.5, 0.6) is 11.5 Å². The molecule has 20 heavy (non-hydrogen) atoms. The topological polar surface area (TPSA) is 57.4 Å². The summed E-state index contributed by atoms with van der Waals surface area (Å²) in [5.41, 5.74) is 2.96. The zero-order valence-corrected chi connectivity index (χ0v) is 11.5. The molecule has 3 aromatic rings. The Labute approximate surface area is 116 Å². The van der Waals surface area contributed by atoms with Crippen LogP contribution >= 0.6 is 0 Å². The van der Waals surface area contributed by atoms with Crippen LogP contribution in [0.25, 0.3) is 22.7 Å². The standard InChI is InChI=1S/C15H14N2O3/c1-9-7-8-16-15-13(9)17-14(20-15)12-10(18-2)5-4-6-11(12)19-3/h4-8H,1-3H3. The van der Waals surface area contributed by atoms with Crippen molar-refractivity contribution in [3.8, 4) is 23.0 Å². The van der Waals surface area contributed by atoms with Gasteiger partial charge in [0.05, 0.1) is 14.2 Å². The largest absolute Gasteiger partial charge is 0.496 e. The second-order valence-electron chi connectivity index (χ2n) is 4.34. The lowest BCUT2D eigenvalue weighted by molar-refractivity contribution is 0.394. The van der Waals surface area contributed by atoms with Gasteiger partial charge in [-0.15, -0.1) is 0 Å². The Balaban J connectivity index is 2.27. The normalized spacial score (nSPS) is 10.8. The van der Waals surface area contributed by atoms with Crippen molar-refractivity contribution in [2.75, 3.05) is 14.2 Å². The van der Waals surface area contributed by atoms with Crippen molar-refractivity contribution < 1.29 is 13.9 Å². The van der Waals surface area contributed by atoms with E-state index in [-0.39, 0.29) is 0 Å². The van der Waals surface area contributed by atoms with Gasteiger partial charge in [-0.3, -0.25) is 0 Å². The van der Waals surface area contributed by atoms with Crippen LogP contribution < -0.4 is 9.47 Å². The van der Waals surface area contributed by atoms with Crippen LogP contribution in [0.15, 0.2) is 34.9 Å². The average molecular weight is 270 g/mol. The lowest BCUT2D eigenvalue weighted by Gasteiger charge is -2.09. The Morgan fingerprint density at radius 2 is 1.75 bits per heavy atom. The van der Waals surface area contributed by atoms with Gasteiger partial charge in [0.15, 0.2) is 0 Å². The molecule has 0 amide bonds. The van der Waals surface area contributed by atoms with E-state index in [1.165, 1.54) is 0 Å². The smallest absolute Gasteiger partial charge is 0.247 e. The second kappa shape index (κ2) is 4.85. The van der Waals surface area contributed by atoms with Crippen molar-refractivity contribution in [2.45, 2.75) is 6.92 Å². The molecule has 0 bridgehead atoms. The number of pyridine rings is 1. The van der Waals surface area contributed by atoms with E-state index in [4.69, 9.17) is 13.9 Å². The molecular weight excluding hydrogens is 256 g/mol. The lowest BCUT2D eigenvalue weighted by atomic mass is 10.1. The SMILES string of the molecule is COc1cccc(OC)c1-c1nc2c(C)ccnc2o1. The molecule has 5 heteroatoms. The number of methoxy groups -OCH3 is 2. The highest BCUT2D eigenvalue weighted by Gasteiger charge is 2.19. The zero-order valence-electron chi connectivity index (χ0n) is 11.5.